The molecule has 0 saturated carbocycles. The highest BCUT2D eigenvalue weighted by molar-refractivity contribution is 7.67. The first-order valence-electron chi connectivity index (χ1n) is 6.36. The van der Waals surface area contributed by atoms with Crippen molar-refractivity contribution >= 4 is 12.7 Å². The SMILES string of the molecule is CCOC(OCC)P(=O)(OCC)c1ccccc1O. The molecule has 0 spiro atoms. The molecule has 0 bridgehead atoms. The van der Waals surface area contributed by atoms with Crippen LogP contribution in [0.4, 0.5) is 0 Å². The van der Waals surface area contributed by atoms with Crippen molar-refractivity contribution in [2.75, 3.05) is 19.8 Å². The van der Waals surface area contributed by atoms with Crippen molar-refractivity contribution in [3.8, 4) is 5.75 Å². The smallest absolute Gasteiger partial charge is 0.290 e. The van der Waals surface area contributed by atoms with Gasteiger partial charge in [-0.1, -0.05) is 12.1 Å². The zero-order valence-electron chi connectivity index (χ0n) is 11.5. The summed E-state index contributed by atoms with van der Waals surface area (Å²) in [5, 5.41) is 10.1. The second-order valence-corrected chi connectivity index (χ2v) is 6.08. The molecule has 0 fully saturated rings. The van der Waals surface area contributed by atoms with Crippen LogP contribution in [0.15, 0.2) is 24.3 Å². The first-order chi connectivity index (χ1) is 9.10. The maximum atomic E-state index is 13.1. The van der Waals surface area contributed by atoms with Crippen molar-refractivity contribution in [1.29, 1.82) is 0 Å². The van der Waals surface area contributed by atoms with E-state index in [-0.39, 0.29) is 17.7 Å². The van der Waals surface area contributed by atoms with Gasteiger partial charge in [-0.25, -0.2) is 0 Å². The molecule has 1 N–H and O–H groups in total. The topological polar surface area (TPSA) is 65.0 Å². The van der Waals surface area contributed by atoms with Gasteiger partial charge < -0.3 is 19.1 Å². The quantitative estimate of drug-likeness (QED) is 0.588. The molecule has 1 atom stereocenters. The lowest BCUT2D eigenvalue weighted by Gasteiger charge is -2.27. The van der Waals surface area contributed by atoms with E-state index in [0.29, 0.717) is 13.2 Å². The van der Waals surface area contributed by atoms with Crippen LogP contribution in [0.5, 0.6) is 5.75 Å². The Morgan fingerprint density at radius 2 is 1.68 bits per heavy atom. The molecule has 0 aromatic heterocycles. The average Bonchev–Trinajstić information content (AvgIpc) is 2.39. The van der Waals surface area contributed by atoms with E-state index in [9.17, 15) is 9.67 Å². The summed E-state index contributed by atoms with van der Waals surface area (Å²) in [6.45, 7) is 6.23. The number of ether oxygens (including phenoxy) is 2. The zero-order valence-corrected chi connectivity index (χ0v) is 12.4. The Morgan fingerprint density at radius 3 is 2.16 bits per heavy atom. The van der Waals surface area contributed by atoms with Crippen molar-refractivity contribution in [1.82, 2.24) is 0 Å². The molecule has 6 heteroatoms. The van der Waals surface area contributed by atoms with Gasteiger partial charge in [0.1, 0.15) is 5.75 Å². The van der Waals surface area contributed by atoms with Gasteiger partial charge in [0.25, 0.3) is 7.37 Å². The van der Waals surface area contributed by atoms with Crippen LogP contribution in [0.25, 0.3) is 0 Å². The Kier molecular flexibility index (Phi) is 6.52. The summed E-state index contributed by atoms with van der Waals surface area (Å²) in [6.07, 6.45) is 0. The highest BCUT2D eigenvalue weighted by atomic mass is 31.2. The van der Waals surface area contributed by atoms with E-state index in [4.69, 9.17) is 14.0 Å². The lowest BCUT2D eigenvalue weighted by Crippen LogP contribution is -2.25. The van der Waals surface area contributed by atoms with E-state index in [1.54, 1.807) is 39.0 Å². The van der Waals surface area contributed by atoms with Crippen LogP contribution in [0.1, 0.15) is 20.8 Å². The predicted octanol–water partition coefficient (Wildman–Crippen LogP) is 2.69. The van der Waals surface area contributed by atoms with E-state index in [0.717, 1.165) is 0 Å². The molecule has 1 unspecified atom stereocenters. The minimum Gasteiger partial charge on any atom is -0.507 e. The molecular formula is C13H21O5P. The molecule has 0 aliphatic heterocycles. The van der Waals surface area contributed by atoms with Crippen molar-refractivity contribution in [2.24, 2.45) is 0 Å². The fourth-order valence-electron chi connectivity index (χ4n) is 1.69. The van der Waals surface area contributed by atoms with E-state index in [1.165, 1.54) is 6.07 Å². The number of aromatic hydroxyl groups is 1. The molecule has 0 heterocycles. The molecular weight excluding hydrogens is 267 g/mol. The number of hydrogen-bond acceptors (Lipinski definition) is 5. The lowest BCUT2D eigenvalue weighted by atomic mass is 10.3. The van der Waals surface area contributed by atoms with Gasteiger partial charge in [-0.2, -0.15) is 0 Å². The second kappa shape index (κ2) is 7.65. The number of benzene rings is 1. The van der Waals surface area contributed by atoms with Crippen LogP contribution in [0.2, 0.25) is 0 Å². The third-order valence-corrected chi connectivity index (χ3v) is 4.98. The number of phenolic OH excluding ortho intramolecular Hbond substituents is 1. The number of phenols is 1. The number of hydrogen-bond donors (Lipinski definition) is 1. The fourth-order valence-corrected chi connectivity index (χ4v) is 3.94. The summed E-state index contributed by atoms with van der Waals surface area (Å²) < 4.78 is 29.3. The van der Waals surface area contributed by atoms with Crippen LogP contribution < -0.4 is 5.30 Å². The summed E-state index contributed by atoms with van der Waals surface area (Å²) >= 11 is 0. The van der Waals surface area contributed by atoms with E-state index < -0.39 is 13.4 Å². The molecule has 5 nitrogen and oxygen atoms in total. The molecule has 0 aliphatic rings. The van der Waals surface area contributed by atoms with Gasteiger partial charge in [-0.15, -0.1) is 0 Å². The standard InChI is InChI=1S/C13H21O5P/c1-4-16-13(17-5-2)19(15,18-6-3)12-10-8-7-9-11(12)14/h7-10,13-14H,4-6H2,1-3H3. The summed E-state index contributed by atoms with van der Waals surface area (Å²) in [5.74, 6) is -0.0799. The second-order valence-electron chi connectivity index (χ2n) is 3.72. The Balaban J connectivity index is 3.21. The first kappa shape index (κ1) is 16.2. The zero-order chi connectivity index (χ0) is 14.3. The monoisotopic (exact) mass is 288 g/mol. The summed E-state index contributed by atoms with van der Waals surface area (Å²) in [5.41, 5.74) is 0. The normalized spacial score (nSPS) is 14.5. The average molecular weight is 288 g/mol. The molecule has 108 valence electrons. The maximum Gasteiger partial charge on any atom is 0.290 e. The van der Waals surface area contributed by atoms with E-state index in [2.05, 4.69) is 0 Å². The van der Waals surface area contributed by atoms with Gasteiger partial charge in [0.2, 0.25) is 6.03 Å². The minimum absolute atomic E-state index is 0.0799. The van der Waals surface area contributed by atoms with Gasteiger partial charge in [0.05, 0.1) is 11.9 Å². The number of para-hydroxylation sites is 1. The predicted molar refractivity (Wildman–Crippen MR) is 74.0 cm³/mol. The summed E-state index contributed by atoms with van der Waals surface area (Å²) in [7, 11) is -3.45. The van der Waals surface area contributed by atoms with Crippen LogP contribution >= 0.6 is 7.37 Å². The van der Waals surface area contributed by atoms with Crippen molar-refractivity contribution in [2.45, 2.75) is 26.8 Å². The van der Waals surface area contributed by atoms with E-state index >= 15 is 0 Å². The van der Waals surface area contributed by atoms with Gasteiger partial charge in [-0.05, 0) is 32.9 Å². The van der Waals surface area contributed by atoms with Crippen molar-refractivity contribution in [3.63, 3.8) is 0 Å². The fraction of sp³-hybridized carbons (Fsp3) is 0.538. The van der Waals surface area contributed by atoms with Crippen molar-refractivity contribution in [3.05, 3.63) is 24.3 Å². The molecule has 1 aromatic carbocycles. The van der Waals surface area contributed by atoms with Gasteiger partial charge >= 0.3 is 0 Å². The summed E-state index contributed by atoms with van der Waals surface area (Å²) in [6, 6.07) is 5.38. The molecule has 0 saturated heterocycles. The van der Waals surface area contributed by atoms with E-state index in [1.807, 2.05) is 0 Å². The Bertz CT molecular complexity index is 429. The Labute approximate surface area is 113 Å². The third kappa shape index (κ3) is 3.80. The third-order valence-electron chi connectivity index (χ3n) is 2.43. The van der Waals surface area contributed by atoms with Crippen LogP contribution in [-0.4, -0.2) is 31.0 Å². The largest absolute Gasteiger partial charge is 0.507 e. The Hall–Kier alpha value is -0.870. The van der Waals surface area contributed by atoms with Gasteiger partial charge in [0, 0.05) is 13.2 Å². The molecule has 1 rings (SSSR count). The molecule has 0 radical (unpaired) electrons. The highest BCUT2D eigenvalue weighted by Gasteiger charge is 2.39. The Morgan fingerprint density at radius 1 is 1.11 bits per heavy atom. The molecule has 19 heavy (non-hydrogen) atoms. The van der Waals surface area contributed by atoms with Crippen LogP contribution in [-0.2, 0) is 18.6 Å². The lowest BCUT2D eigenvalue weighted by molar-refractivity contribution is -0.0876. The maximum absolute atomic E-state index is 13.1. The van der Waals surface area contributed by atoms with Gasteiger partial charge in [-0.3, -0.25) is 4.57 Å². The minimum atomic E-state index is -3.45. The van der Waals surface area contributed by atoms with Crippen LogP contribution in [0, 0.1) is 0 Å². The molecule has 0 aliphatic carbocycles. The first-order valence-corrected chi connectivity index (χ1v) is 8.05. The summed E-state index contributed by atoms with van der Waals surface area (Å²) in [4.78, 5) is 0. The highest BCUT2D eigenvalue weighted by Crippen LogP contribution is 2.53. The van der Waals surface area contributed by atoms with Crippen molar-refractivity contribution < 1.29 is 23.7 Å². The molecule has 0 amide bonds. The van der Waals surface area contributed by atoms with Gasteiger partial charge in [0.15, 0.2) is 0 Å². The number of rotatable bonds is 8. The molecule has 1 aromatic rings. The van der Waals surface area contributed by atoms with Crippen LogP contribution in [0.3, 0.4) is 0 Å².